The molecule has 1 unspecified atom stereocenters. The molecular weight excluding hydrogens is 478 g/mol. The lowest BCUT2D eigenvalue weighted by atomic mass is 9.75. The topological polar surface area (TPSA) is 26.8 Å². The van der Waals surface area contributed by atoms with E-state index < -0.39 is 0 Å². The molecule has 3 aliphatic rings. The maximum absolute atomic E-state index is 11.4. The molecule has 0 radical (unpaired) electrons. The average molecular weight is 554 g/mol. The number of hydrogen-bond acceptors (Lipinski definition) is 4. The molecule has 3 heterocycles. The van der Waals surface area contributed by atoms with Gasteiger partial charge in [0.1, 0.15) is 0 Å². The van der Waals surface area contributed by atoms with Crippen LogP contribution >= 0.6 is 0 Å². The highest BCUT2D eigenvalue weighted by molar-refractivity contribution is 5.96. The van der Waals surface area contributed by atoms with Gasteiger partial charge in [-0.2, -0.15) is 0 Å². The zero-order chi connectivity index (χ0) is 28.9. The van der Waals surface area contributed by atoms with E-state index in [1.165, 1.54) is 19.3 Å². The SMILES string of the molecule is C.C.C.CC(=O)C1=CC(C)(C)N(C)C1(C)C.CC1CC(C)(C)N(C)C(C)(C)C1.CC1CC(C)(C)N(C)C1(C)C. The first-order valence-corrected chi connectivity index (χ1v) is 14.2. The third kappa shape index (κ3) is 9.14. The number of likely N-dealkylation sites (tertiary alicyclic amines) is 2. The van der Waals surface area contributed by atoms with E-state index in [0.717, 1.165) is 17.4 Å². The second-order valence-corrected chi connectivity index (χ2v) is 15.7. The number of piperidine rings is 1. The van der Waals surface area contributed by atoms with Gasteiger partial charge in [-0.3, -0.25) is 19.5 Å². The zero-order valence-electron chi connectivity index (χ0n) is 27.6. The molecular formula is C35H75N3O. The maximum Gasteiger partial charge on any atom is 0.157 e. The van der Waals surface area contributed by atoms with Crippen molar-refractivity contribution in [2.24, 2.45) is 11.8 Å². The first-order chi connectivity index (χ1) is 15.7. The molecule has 0 aromatic carbocycles. The summed E-state index contributed by atoms with van der Waals surface area (Å²) in [4.78, 5) is 18.7. The molecule has 0 N–H and O–H groups in total. The molecule has 236 valence electrons. The van der Waals surface area contributed by atoms with Crippen LogP contribution in [0.4, 0.5) is 0 Å². The highest BCUT2D eigenvalue weighted by Gasteiger charge is 2.47. The van der Waals surface area contributed by atoms with E-state index in [4.69, 9.17) is 0 Å². The fraction of sp³-hybridized carbons (Fsp3) is 0.914. The lowest BCUT2D eigenvalue weighted by molar-refractivity contribution is -0.114. The first kappa shape index (κ1) is 42.8. The van der Waals surface area contributed by atoms with Crippen LogP contribution in [0.1, 0.15) is 145 Å². The number of carbonyl (C=O) groups excluding carboxylic acids is 1. The summed E-state index contributed by atoms with van der Waals surface area (Å²) < 4.78 is 0. The smallest absolute Gasteiger partial charge is 0.157 e. The summed E-state index contributed by atoms with van der Waals surface area (Å²) in [7, 11) is 6.56. The molecule has 2 saturated heterocycles. The van der Waals surface area contributed by atoms with E-state index >= 15 is 0 Å². The van der Waals surface area contributed by atoms with Gasteiger partial charge in [-0.05, 0) is 142 Å². The summed E-state index contributed by atoms with van der Waals surface area (Å²) >= 11 is 0. The van der Waals surface area contributed by atoms with Crippen LogP contribution in [-0.4, -0.2) is 74.9 Å². The van der Waals surface area contributed by atoms with Gasteiger partial charge in [-0.25, -0.2) is 0 Å². The molecule has 39 heavy (non-hydrogen) atoms. The van der Waals surface area contributed by atoms with Crippen molar-refractivity contribution < 1.29 is 4.79 Å². The second kappa shape index (κ2) is 13.5. The maximum atomic E-state index is 11.4. The minimum Gasteiger partial charge on any atom is -0.296 e. The molecule has 3 rings (SSSR count). The van der Waals surface area contributed by atoms with Crippen LogP contribution in [0.3, 0.4) is 0 Å². The van der Waals surface area contributed by atoms with E-state index in [0.29, 0.717) is 22.2 Å². The van der Waals surface area contributed by atoms with Crippen LogP contribution < -0.4 is 0 Å². The van der Waals surface area contributed by atoms with Crippen molar-refractivity contribution in [2.45, 2.75) is 179 Å². The van der Waals surface area contributed by atoms with Crippen molar-refractivity contribution in [3.63, 3.8) is 0 Å². The molecule has 0 aromatic heterocycles. The third-order valence-electron chi connectivity index (χ3n) is 10.5. The Balaban J connectivity index is -0.000000481. The van der Waals surface area contributed by atoms with Gasteiger partial charge in [0.15, 0.2) is 5.78 Å². The van der Waals surface area contributed by atoms with Crippen LogP contribution in [0.2, 0.25) is 0 Å². The molecule has 0 bridgehead atoms. The van der Waals surface area contributed by atoms with Crippen molar-refractivity contribution in [3.05, 3.63) is 11.6 Å². The van der Waals surface area contributed by atoms with Crippen molar-refractivity contribution in [3.8, 4) is 0 Å². The Morgan fingerprint density at radius 2 is 1.03 bits per heavy atom. The standard InChI is InChI=1S/C11H19NO.C11H23N.C10H21N.3CH4/c1-8(13)9-7-10(2,3)12(6)11(9,4)5;1-9-7-10(2,3)12(6)11(4,5)8-9;1-8-7-9(2,3)11(6)10(8,4)5;;;/h7H,1-6H3;9H,7-8H2,1-6H3;8H,7H2,1-6H3;3*1H4. The van der Waals surface area contributed by atoms with Gasteiger partial charge < -0.3 is 0 Å². The van der Waals surface area contributed by atoms with Crippen LogP contribution in [0.15, 0.2) is 11.6 Å². The van der Waals surface area contributed by atoms with Gasteiger partial charge in [-0.15, -0.1) is 0 Å². The van der Waals surface area contributed by atoms with Gasteiger partial charge in [0, 0.05) is 38.8 Å². The monoisotopic (exact) mass is 554 g/mol. The molecule has 2 fully saturated rings. The zero-order valence-corrected chi connectivity index (χ0v) is 27.6. The Morgan fingerprint density at radius 1 is 0.667 bits per heavy atom. The summed E-state index contributed by atoms with van der Waals surface area (Å²) in [5, 5.41) is 0. The van der Waals surface area contributed by atoms with Gasteiger partial charge in [0.2, 0.25) is 0 Å². The van der Waals surface area contributed by atoms with Crippen molar-refractivity contribution in [1.29, 1.82) is 0 Å². The molecule has 0 amide bonds. The lowest BCUT2D eigenvalue weighted by Crippen LogP contribution is -2.58. The number of nitrogens with zero attached hydrogens (tertiary/aromatic N) is 3. The van der Waals surface area contributed by atoms with Crippen molar-refractivity contribution in [2.75, 3.05) is 21.1 Å². The average Bonchev–Trinajstić information content (AvgIpc) is 2.93. The number of rotatable bonds is 1. The predicted octanol–water partition coefficient (Wildman–Crippen LogP) is 9.33. The predicted molar refractivity (Wildman–Crippen MR) is 179 cm³/mol. The van der Waals surface area contributed by atoms with E-state index in [9.17, 15) is 4.79 Å². The Kier molecular flexibility index (Phi) is 14.8. The summed E-state index contributed by atoms with van der Waals surface area (Å²) in [6.45, 7) is 33.6. The highest BCUT2D eigenvalue weighted by atomic mass is 16.1. The molecule has 3 aliphatic heterocycles. The van der Waals surface area contributed by atoms with E-state index in [1.54, 1.807) is 6.92 Å². The quantitative estimate of drug-likeness (QED) is 0.323. The van der Waals surface area contributed by atoms with E-state index in [1.807, 2.05) is 0 Å². The normalized spacial score (nSPS) is 28.2. The van der Waals surface area contributed by atoms with Crippen LogP contribution in [0, 0.1) is 11.8 Å². The van der Waals surface area contributed by atoms with E-state index in [2.05, 4.69) is 139 Å². The Bertz CT molecular complexity index is 798. The van der Waals surface area contributed by atoms with Gasteiger partial charge in [-0.1, -0.05) is 42.2 Å². The van der Waals surface area contributed by atoms with Crippen LogP contribution in [0.25, 0.3) is 0 Å². The minimum absolute atomic E-state index is 0. The second-order valence-electron chi connectivity index (χ2n) is 15.7. The molecule has 4 nitrogen and oxygen atoms in total. The summed E-state index contributed by atoms with van der Waals surface area (Å²) in [5.41, 5.74) is 2.31. The number of Topliss-reactive ketones (excluding diaryl/α,β-unsaturated/α-hetero) is 1. The lowest BCUT2D eigenvalue weighted by Gasteiger charge is -2.53. The largest absolute Gasteiger partial charge is 0.296 e. The molecule has 0 spiro atoms. The molecule has 0 aliphatic carbocycles. The molecule has 0 aromatic rings. The van der Waals surface area contributed by atoms with Crippen LogP contribution in [-0.2, 0) is 4.79 Å². The molecule has 4 heteroatoms. The fourth-order valence-electron chi connectivity index (χ4n) is 7.18. The van der Waals surface area contributed by atoms with Gasteiger partial charge in [0.05, 0.1) is 0 Å². The van der Waals surface area contributed by atoms with Crippen LogP contribution in [0.5, 0.6) is 0 Å². The Morgan fingerprint density at radius 3 is 1.21 bits per heavy atom. The highest BCUT2D eigenvalue weighted by Crippen LogP contribution is 2.43. The summed E-state index contributed by atoms with van der Waals surface area (Å²) in [6.07, 6.45) is 6.05. The molecule has 1 atom stereocenters. The van der Waals surface area contributed by atoms with E-state index in [-0.39, 0.29) is 39.1 Å². The Labute approximate surface area is 248 Å². The molecule has 0 saturated carbocycles. The third-order valence-corrected chi connectivity index (χ3v) is 10.5. The fourth-order valence-corrected chi connectivity index (χ4v) is 7.18. The van der Waals surface area contributed by atoms with Gasteiger partial charge in [0.25, 0.3) is 0 Å². The minimum atomic E-state index is -0.130. The number of carbonyl (C=O) groups is 1. The first-order valence-electron chi connectivity index (χ1n) is 14.2. The van der Waals surface area contributed by atoms with Gasteiger partial charge >= 0.3 is 0 Å². The Hall–Kier alpha value is -0.710. The number of likely N-dealkylation sites (N-methyl/N-ethyl adjacent to an activating group) is 1. The summed E-state index contributed by atoms with van der Waals surface area (Å²) in [5.74, 6) is 1.86. The number of hydrogen-bond donors (Lipinski definition) is 0. The van der Waals surface area contributed by atoms with Crippen molar-refractivity contribution in [1.82, 2.24) is 14.7 Å². The summed E-state index contributed by atoms with van der Waals surface area (Å²) in [6, 6.07) is 0. The van der Waals surface area contributed by atoms with Crippen molar-refractivity contribution >= 4 is 5.78 Å². The number of ketones is 1.